The Bertz CT molecular complexity index is 631. The van der Waals surface area contributed by atoms with Crippen LogP contribution in [0.25, 0.3) is 10.8 Å². The molecule has 2 aromatic rings. The SMILES string of the molecule is CN1C(=O)c2cccc3c(C=O)ccc1c23. The minimum absolute atomic E-state index is 0.0105. The summed E-state index contributed by atoms with van der Waals surface area (Å²) in [4.78, 5) is 24.5. The van der Waals surface area contributed by atoms with Gasteiger partial charge in [0.25, 0.3) is 5.91 Å². The second kappa shape index (κ2) is 2.92. The Kier molecular flexibility index (Phi) is 1.66. The van der Waals surface area contributed by atoms with Crippen molar-refractivity contribution in [3.8, 4) is 0 Å². The number of rotatable bonds is 1. The molecule has 0 unspecified atom stereocenters. The average Bonchev–Trinajstić information content (AvgIpc) is 2.57. The Morgan fingerprint density at radius 2 is 2.00 bits per heavy atom. The third-order valence-corrected chi connectivity index (χ3v) is 3.08. The van der Waals surface area contributed by atoms with Crippen LogP contribution in [-0.4, -0.2) is 19.2 Å². The molecule has 0 aromatic heterocycles. The molecule has 0 N–H and O–H groups in total. The zero-order valence-corrected chi connectivity index (χ0v) is 8.73. The smallest absolute Gasteiger partial charge is 0.258 e. The van der Waals surface area contributed by atoms with Crippen molar-refractivity contribution in [2.24, 2.45) is 0 Å². The zero-order valence-electron chi connectivity index (χ0n) is 8.73. The number of amides is 1. The number of carbonyl (C=O) groups is 2. The monoisotopic (exact) mass is 211 g/mol. The third kappa shape index (κ3) is 0.922. The van der Waals surface area contributed by atoms with Crippen LogP contribution in [-0.2, 0) is 0 Å². The summed E-state index contributed by atoms with van der Waals surface area (Å²) in [6.07, 6.45) is 0.825. The highest BCUT2D eigenvalue weighted by Gasteiger charge is 2.27. The quantitative estimate of drug-likeness (QED) is 0.678. The highest BCUT2D eigenvalue weighted by molar-refractivity contribution is 6.26. The van der Waals surface area contributed by atoms with Gasteiger partial charge < -0.3 is 4.90 Å². The lowest BCUT2D eigenvalue weighted by Crippen LogP contribution is -2.20. The number of carbonyl (C=O) groups excluding carboxylic acids is 2. The van der Waals surface area contributed by atoms with Gasteiger partial charge in [0.15, 0.2) is 6.29 Å². The first-order valence-corrected chi connectivity index (χ1v) is 5.03. The molecule has 16 heavy (non-hydrogen) atoms. The molecule has 0 radical (unpaired) electrons. The van der Waals surface area contributed by atoms with Gasteiger partial charge in [-0.15, -0.1) is 0 Å². The summed E-state index contributed by atoms with van der Waals surface area (Å²) in [5.41, 5.74) is 2.18. The van der Waals surface area contributed by atoms with E-state index in [1.165, 1.54) is 0 Å². The first kappa shape index (κ1) is 9.09. The molecular weight excluding hydrogens is 202 g/mol. The van der Waals surface area contributed by atoms with Crippen LogP contribution in [0.15, 0.2) is 30.3 Å². The maximum absolute atomic E-state index is 11.9. The van der Waals surface area contributed by atoms with Crippen molar-refractivity contribution >= 4 is 28.7 Å². The van der Waals surface area contributed by atoms with Crippen molar-refractivity contribution in [3.05, 3.63) is 41.5 Å². The minimum atomic E-state index is -0.0105. The standard InChI is InChI=1S/C13H9NO2/c1-14-11-6-5-8(7-15)9-3-2-4-10(12(9)11)13(14)16/h2-7H,1H3. The number of hydrogen-bond acceptors (Lipinski definition) is 2. The Balaban J connectivity index is 2.54. The van der Waals surface area contributed by atoms with Gasteiger partial charge >= 0.3 is 0 Å². The van der Waals surface area contributed by atoms with Crippen LogP contribution in [0, 0.1) is 0 Å². The number of aldehydes is 1. The molecule has 1 aliphatic heterocycles. The van der Waals surface area contributed by atoms with Gasteiger partial charge in [0, 0.05) is 23.6 Å². The summed E-state index contributed by atoms with van der Waals surface area (Å²) >= 11 is 0. The number of anilines is 1. The molecule has 0 atom stereocenters. The van der Waals surface area contributed by atoms with Crippen LogP contribution < -0.4 is 4.90 Å². The maximum Gasteiger partial charge on any atom is 0.258 e. The molecule has 0 saturated heterocycles. The van der Waals surface area contributed by atoms with Crippen LogP contribution in [0.1, 0.15) is 20.7 Å². The predicted molar refractivity (Wildman–Crippen MR) is 62.1 cm³/mol. The van der Waals surface area contributed by atoms with E-state index >= 15 is 0 Å². The van der Waals surface area contributed by atoms with Crippen LogP contribution >= 0.6 is 0 Å². The summed E-state index contributed by atoms with van der Waals surface area (Å²) in [7, 11) is 1.75. The minimum Gasteiger partial charge on any atom is -0.311 e. The third-order valence-electron chi connectivity index (χ3n) is 3.08. The van der Waals surface area contributed by atoms with Crippen LogP contribution in [0.5, 0.6) is 0 Å². The summed E-state index contributed by atoms with van der Waals surface area (Å²) in [6.45, 7) is 0. The van der Waals surface area contributed by atoms with Crippen LogP contribution in [0.4, 0.5) is 5.69 Å². The van der Waals surface area contributed by atoms with E-state index in [0.29, 0.717) is 11.1 Å². The van der Waals surface area contributed by atoms with E-state index < -0.39 is 0 Å². The molecular formula is C13H9NO2. The summed E-state index contributed by atoms with van der Waals surface area (Å²) in [5, 5.41) is 1.74. The van der Waals surface area contributed by atoms with E-state index in [9.17, 15) is 9.59 Å². The van der Waals surface area contributed by atoms with E-state index in [1.54, 1.807) is 24.1 Å². The molecule has 2 aromatic carbocycles. The fraction of sp³-hybridized carbons (Fsp3) is 0.0769. The highest BCUT2D eigenvalue weighted by Crippen LogP contribution is 2.37. The highest BCUT2D eigenvalue weighted by atomic mass is 16.2. The van der Waals surface area contributed by atoms with Gasteiger partial charge in [-0.3, -0.25) is 9.59 Å². The van der Waals surface area contributed by atoms with Gasteiger partial charge in [0.1, 0.15) is 0 Å². The van der Waals surface area contributed by atoms with Crippen LogP contribution in [0.2, 0.25) is 0 Å². The second-order valence-corrected chi connectivity index (χ2v) is 3.88. The fourth-order valence-corrected chi connectivity index (χ4v) is 2.26. The first-order chi connectivity index (χ1) is 7.74. The molecule has 3 rings (SSSR count). The summed E-state index contributed by atoms with van der Waals surface area (Å²) in [6, 6.07) is 9.06. The van der Waals surface area contributed by atoms with Gasteiger partial charge in [-0.25, -0.2) is 0 Å². The van der Waals surface area contributed by atoms with Gasteiger partial charge in [-0.2, -0.15) is 0 Å². The molecule has 3 heteroatoms. The Morgan fingerprint density at radius 3 is 2.75 bits per heavy atom. The molecule has 3 nitrogen and oxygen atoms in total. The zero-order chi connectivity index (χ0) is 11.3. The molecule has 0 aliphatic carbocycles. The van der Waals surface area contributed by atoms with Crippen molar-refractivity contribution in [1.29, 1.82) is 0 Å². The van der Waals surface area contributed by atoms with Gasteiger partial charge in [0.2, 0.25) is 0 Å². The fourth-order valence-electron chi connectivity index (χ4n) is 2.26. The summed E-state index contributed by atoms with van der Waals surface area (Å²) < 4.78 is 0. The largest absolute Gasteiger partial charge is 0.311 e. The lowest BCUT2D eigenvalue weighted by Gasteiger charge is -2.09. The molecule has 0 saturated carbocycles. The van der Waals surface area contributed by atoms with E-state index in [0.717, 1.165) is 22.7 Å². The number of benzene rings is 2. The lowest BCUT2D eigenvalue weighted by molar-refractivity contribution is 0.0998. The molecule has 0 bridgehead atoms. The normalized spacial score (nSPS) is 13.6. The Labute approximate surface area is 92.3 Å². The van der Waals surface area contributed by atoms with E-state index in [-0.39, 0.29) is 5.91 Å². The lowest BCUT2D eigenvalue weighted by atomic mass is 10.0. The van der Waals surface area contributed by atoms with Gasteiger partial charge in [0.05, 0.1) is 5.69 Å². The Hall–Kier alpha value is -2.16. The molecule has 1 heterocycles. The van der Waals surface area contributed by atoms with E-state index in [1.807, 2.05) is 18.2 Å². The van der Waals surface area contributed by atoms with Crippen molar-refractivity contribution in [2.45, 2.75) is 0 Å². The van der Waals surface area contributed by atoms with Gasteiger partial charge in [-0.1, -0.05) is 12.1 Å². The van der Waals surface area contributed by atoms with E-state index in [4.69, 9.17) is 0 Å². The summed E-state index contributed by atoms with van der Waals surface area (Å²) in [5.74, 6) is -0.0105. The van der Waals surface area contributed by atoms with Crippen molar-refractivity contribution in [2.75, 3.05) is 11.9 Å². The molecule has 1 aliphatic rings. The van der Waals surface area contributed by atoms with Crippen molar-refractivity contribution < 1.29 is 9.59 Å². The topological polar surface area (TPSA) is 37.4 Å². The molecule has 0 fully saturated rings. The second-order valence-electron chi connectivity index (χ2n) is 3.88. The molecule has 78 valence electrons. The average molecular weight is 211 g/mol. The van der Waals surface area contributed by atoms with Crippen LogP contribution in [0.3, 0.4) is 0 Å². The molecule has 0 spiro atoms. The van der Waals surface area contributed by atoms with Crippen molar-refractivity contribution in [3.63, 3.8) is 0 Å². The van der Waals surface area contributed by atoms with Gasteiger partial charge in [-0.05, 0) is 23.6 Å². The molecule has 1 amide bonds. The Morgan fingerprint density at radius 1 is 1.19 bits per heavy atom. The maximum atomic E-state index is 11.9. The number of nitrogens with zero attached hydrogens (tertiary/aromatic N) is 1. The van der Waals surface area contributed by atoms with Crippen molar-refractivity contribution in [1.82, 2.24) is 0 Å². The number of hydrogen-bond donors (Lipinski definition) is 0. The predicted octanol–water partition coefficient (Wildman–Crippen LogP) is 2.24. The van der Waals surface area contributed by atoms with E-state index in [2.05, 4.69) is 0 Å². The first-order valence-electron chi connectivity index (χ1n) is 5.03.